The van der Waals surface area contributed by atoms with Crippen molar-refractivity contribution in [3.63, 3.8) is 0 Å². The van der Waals surface area contributed by atoms with E-state index in [0.29, 0.717) is 4.21 Å². The van der Waals surface area contributed by atoms with Crippen LogP contribution in [0, 0.1) is 10.8 Å². The number of nitrogens with one attached hydrogen (secondary N) is 2. The second kappa shape index (κ2) is 5.65. The Bertz CT molecular complexity index is 589. The summed E-state index contributed by atoms with van der Waals surface area (Å²) in [6.07, 6.45) is 0.869. The fourth-order valence-electron chi connectivity index (χ4n) is 2.73. The number of hydrogen-bond donors (Lipinski definition) is 2. The first kappa shape index (κ1) is 16.9. The Hall–Kier alpha value is -0.430. The zero-order valence-electron chi connectivity index (χ0n) is 13.5. The highest BCUT2D eigenvalue weighted by Gasteiger charge is 2.66. The Labute approximate surface area is 132 Å². The van der Waals surface area contributed by atoms with Crippen molar-refractivity contribution in [1.29, 1.82) is 0 Å². The molecule has 1 aliphatic carbocycles. The lowest BCUT2D eigenvalue weighted by atomic mass is 10.0. The van der Waals surface area contributed by atoms with Crippen molar-refractivity contribution < 1.29 is 8.42 Å². The molecule has 1 heterocycles. The first-order valence-corrected chi connectivity index (χ1v) is 9.74. The van der Waals surface area contributed by atoms with Gasteiger partial charge in [-0.1, -0.05) is 34.6 Å². The van der Waals surface area contributed by atoms with E-state index < -0.39 is 10.0 Å². The third-order valence-electron chi connectivity index (χ3n) is 4.99. The van der Waals surface area contributed by atoms with Gasteiger partial charge in [0, 0.05) is 10.9 Å². The zero-order valence-corrected chi connectivity index (χ0v) is 15.1. The third-order valence-corrected chi connectivity index (χ3v) is 8.05. The van der Waals surface area contributed by atoms with Gasteiger partial charge in [0.2, 0.25) is 10.0 Å². The molecule has 0 atom stereocenters. The molecule has 21 heavy (non-hydrogen) atoms. The lowest BCUT2D eigenvalue weighted by Crippen LogP contribution is -2.29. The fraction of sp³-hybridized carbons (Fsp3) is 0.733. The largest absolute Gasteiger partial charge is 0.317 e. The molecule has 0 aromatic carbocycles. The molecule has 2 N–H and O–H groups in total. The SMILES string of the molecule is CCNCCc1ccc(S(=O)(=O)NC2C(C)(C)C2(C)C)s1. The minimum absolute atomic E-state index is 0.00214. The molecule has 2 rings (SSSR count). The van der Waals surface area contributed by atoms with E-state index in [1.54, 1.807) is 6.07 Å². The van der Waals surface area contributed by atoms with Gasteiger partial charge in [0.1, 0.15) is 4.21 Å². The van der Waals surface area contributed by atoms with Crippen LogP contribution in [0.5, 0.6) is 0 Å². The highest BCUT2D eigenvalue weighted by molar-refractivity contribution is 7.91. The van der Waals surface area contributed by atoms with Crippen LogP contribution >= 0.6 is 11.3 Å². The van der Waals surface area contributed by atoms with E-state index in [0.717, 1.165) is 24.4 Å². The zero-order chi connectivity index (χ0) is 15.9. The molecule has 0 aliphatic heterocycles. The lowest BCUT2D eigenvalue weighted by molar-refractivity contribution is 0.457. The smallest absolute Gasteiger partial charge is 0.250 e. The maximum absolute atomic E-state index is 12.5. The molecule has 0 unspecified atom stereocenters. The van der Waals surface area contributed by atoms with Gasteiger partial charge in [-0.2, -0.15) is 0 Å². The molecule has 1 aromatic rings. The molecule has 120 valence electrons. The Kier molecular flexibility index (Phi) is 4.55. The van der Waals surface area contributed by atoms with Crippen molar-refractivity contribution in [2.24, 2.45) is 10.8 Å². The van der Waals surface area contributed by atoms with Gasteiger partial charge in [-0.05, 0) is 42.5 Å². The molecule has 1 fully saturated rings. The molecule has 0 amide bonds. The molecule has 0 radical (unpaired) electrons. The average Bonchev–Trinajstić information content (AvgIpc) is 2.78. The normalized spacial score (nSPS) is 20.6. The summed E-state index contributed by atoms with van der Waals surface area (Å²) in [4.78, 5) is 1.10. The van der Waals surface area contributed by atoms with Gasteiger partial charge >= 0.3 is 0 Å². The number of likely N-dealkylation sites (N-methyl/N-ethyl adjacent to an activating group) is 1. The first-order chi connectivity index (χ1) is 9.63. The fourth-order valence-corrected chi connectivity index (χ4v) is 5.63. The van der Waals surface area contributed by atoms with Crippen LogP contribution in [-0.2, 0) is 16.4 Å². The summed E-state index contributed by atoms with van der Waals surface area (Å²) < 4.78 is 28.3. The second-order valence-corrected chi connectivity index (χ2v) is 9.93. The van der Waals surface area contributed by atoms with Crippen molar-refractivity contribution in [2.75, 3.05) is 13.1 Å². The highest BCUT2D eigenvalue weighted by Crippen LogP contribution is 2.63. The molecule has 1 aliphatic rings. The van der Waals surface area contributed by atoms with E-state index >= 15 is 0 Å². The van der Waals surface area contributed by atoms with Crippen molar-refractivity contribution in [3.8, 4) is 0 Å². The molecule has 1 aromatic heterocycles. The standard InChI is InChI=1S/C15H26N2O2S2/c1-6-16-10-9-11-7-8-12(20-11)21(18,19)17-13-14(2,3)15(13,4)5/h7-8,13,16-17H,6,9-10H2,1-5H3. The van der Waals surface area contributed by atoms with Gasteiger partial charge in [-0.25, -0.2) is 13.1 Å². The van der Waals surface area contributed by atoms with Gasteiger partial charge < -0.3 is 5.32 Å². The van der Waals surface area contributed by atoms with Crippen molar-refractivity contribution in [3.05, 3.63) is 17.0 Å². The summed E-state index contributed by atoms with van der Waals surface area (Å²) >= 11 is 1.37. The number of thiophene rings is 1. The highest BCUT2D eigenvalue weighted by atomic mass is 32.2. The van der Waals surface area contributed by atoms with Gasteiger partial charge in [0.15, 0.2) is 0 Å². The molecule has 0 bridgehead atoms. The first-order valence-electron chi connectivity index (χ1n) is 7.44. The van der Waals surface area contributed by atoms with Crippen LogP contribution in [0.25, 0.3) is 0 Å². The monoisotopic (exact) mass is 330 g/mol. The van der Waals surface area contributed by atoms with Crippen LogP contribution in [0.3, 0.4) is 0 Å². The van der Waals surface area contributed by atoms with Crippen LogP contribution < -0.4 is 10.0 Å². The minimum Gasteiger partial charge on any atom is -0.317 e. The van der Waals surface area contributed by atoms with Gasteiger partial charge in [0.05, 0.1) is 0 Å². The van der Waals surface area contributed by atoms with E-state index in [-0.39, 0.29) is 16.9 Å². The van der Waals surface area contributed by atoms with Crippen LogP contribution in [-0.4, -0.2) is 27.5 Å². The topological polar surface area (TPSA) is 58.2 Å². The molecule has 0 spiro atoms. The lowest BCUT2D eigenvalue weighted by Gasteiger charge is -2.06. The van der Waals surface area contributed by atoms with E-state index in [2.05, 4.69) is 44.7 Å². The predicted molar refractivity (Wildman–Crippen MR) is 88.2 cm³/mol. The Balaban J connectivity index is 2.04. The summed E-state index contributed by atoms with van der Waals surface area (Å²) in [5.74, 6) is 0. The van der Waals surface area contributed by atoms with Gasteiger partial charge in [-0.3, -0.25) is 0 Å². The summed E-state index contributed by atoms with van der Waals surface area (Å²) in [5, 5.41) is 3.25. The van der Waals surface area contributed by atoms with E-state index in [1.165, 1.54) is 11.3 Å². The van der Waals surface area contributed by atoms with E-state index in [1.807, 2.05) is 6.07 Å². The summed E-state index contributed by atoms with van der Waals surface area (Å²) in [6, 6.07) is 3.64. The van der Waals surface area contributed by atoms with Crippen molar-refractivity contribution >= 4 is 21.4 Å². The summed E-state index contributed by atoms with van der Waals surface area (Å²) in [5.41, 5.74) is 0.0103. The van der Waals surface area contributed by atoms with Crippen LogP contribution in [0.15, 0.2) is 16.3 Å². The minimum atomic E-state index is -3.40. The van der Waals surface area contributed by atoms with Gasteiger partial charge in [-0.15, -0.1) is 11.3 Å². The predicted octanol–water partition coefficient (Wildman–Crippen LogP) is 2.61. The molecule has 4 nitrogen and oxygen atoms in total. The quantitative estimate of drug-likeness (QED) is 0.756. The van der Waals surface area contributed by atoms with Crippen molar-refractivity contribution in [2.45, 2.75) is 51.3 Å². The Morgan fingerprint density at radius 2 is 1.81 bits per heavy atom. The summed E-state index contributed by atoms with van der Waals surface area (Å²) in [7, 11) is -3.40. The van der Waals surface area contributed by atoms with Crippen molar-refractivity contribution in [1.82, 2.24) is 10.0 Å². The number of hydrogen-bond acceptors (Lipinski definition) is 4. The number of rotatable bonds is 7. The Morgan fingerprint density at radius 3 is 2.33 bits per heavy atom. The third kappa shape index (κ3) is 3.18. The molecule has 6 heteroatoms. The van der Waals surface area contributed by atoms with E-state index in [4.69, 9.17) is 0 Å². The molecular formula is C15H26N2O2S2. The van der Waals surface area contributed by atoms with Gasteiger partial charge in [0.25, 0.3) is 0 Å². The second-order valence-electron chi connectivity index (χ2n) is 6.82. The molecular weight excluding hydrogens is 304 g/mol. The number of sulfonamides is 1. The molecule has 1 saturated carbocycles. The average molecular weight is 331 g/mol. The maximum Gasteiger partial charge on any atom is 0.250 e. The Morgan fingerprint density at radius 1 is 1.19 bits per heavy atom. The van der Waals surface area contributed by atoms with Crippen LogP contribution in [0.4, 0.5) is 0 Å². The summed E-state index contributed by atoms with van der Waals surface area (Å²) in [6.45, 7) is 12.3. The van der Waals surface area contributed by atoms with E-state index in [9.17, 15) is 8.42 Å². The van der Waals surface area contributed by atoms with Crippen LogP contribution in [0.1, 0.15) is 39.5 Å². The maximum atomic E-state index is 12.5. The van der Waals surface area contributed by atoms with Crippen LogP contribution in [0.2, 0.25) is 0 Å². The molecule has 0 saturated heterocycles.